The molecule has 0 saturated heterocycles. The number of aromatic nitrogens is 4. The molecule has 0 saturated carbocycles. The van der Waals surface area contributed by atoms with Gasteiger partial charge in [-0.15, -0.1) is 0 Å². The molecule has 2 aromatic rings. The molecule has 0 radical (unpaired) electrons. The molecule has 6 nitrogen and oxygen atoms in total. The van der Waals surface area contributed by atoms with E-state index >= 15 is 0 Å². The molecule has 112 valence electrons. The Bertz CT molecular complexity index is 666. The minimum Gasteiger partial charge on any atom is -0.348 e. The van der Waals surface area contributed by atoms with E-state index < -0.39 is 0 Å². The quantitative estimate of drug-likeness (QED) is 0.849. The molecule has 1 N–H and O–H groups in total. The van der Waals surface area contributed by atoms with Crippen LogP contribution in [0.3, 0.4) is 0 Å². The van der Waals surface area contributed by atoms with Crippen molar-refractivity contribution in [2.24, 2.45) is 7.05 Å². The first-order valence-electron chi connectivity index (χ1n) is 6.98. The van der Waals surface area contributed by atoms with Gasteiger partial charge in [-0.2, -0.15) is 10.2 Å². The van der Waals surface area contributed by atoms with Crippen molar-refractivity contribution in [2.75, 3.05) is 0 Å². The minimum absolute atomic E-state index is 0.123. The molecular formula is C15H21N5O. The number of carbonyl (C=O) groups excluding carboxylic acids is 1. The standard InChI is InChI=1S/C15H21N5O/c1-5-20-10-14(11(2)18-20)8-16-15(21)7-6-13-9-17-19(4)12(13)3/h6-7,9-10H,5,8H2,1-4H3,(H,16,21)/b7-6+. The molecule has 0 spiro atoms. The summed E-state index contributed by atoms with van der Waals surface area (Å²) in [5.74, 6) is -0.123. The molecule has 2 heterocycles. The second-order valence-corrected chi connectivity index (χ2v) is 4.96. The number of amides is 1. The number of hydrogen-bond donors (Lipinski definition) is 1. The highest BCUT2D eigenvalue weighted by Gasteiger charge is 2.05. The van der Waals surface area contributed by atoms with E-state index in [0.29, 0.717) is 6.54 Å². The Morgan fingerprint density at radius 2 is 2.19 bits per heavy atom. The molecule has 0 atom stereocenters. The van der Waals surface area contributed by atoms with Crippen LogP contribution < -0.4 is 5.32 Å². The van der Waals surface area contributed by atoms with Crippen LogP contribution in [0.25, 0.3) is 6.08 Å². The van der Waals surface area contributed by atoms with Gasteiger partial charge in [-0.1, -0.05) is 0 Å². The minimum atomic E-state index is -0.123. The van der Waals surface area contributed by atoms with Crippen LogP contribution >= 0.6 is 0 Å². The maximum atomic E-state index is 11.8. The lowest BCUT2D eigenvalue weighted by Crippen LogP contribution is -2.20. The zero-order valence-corrected chi connectivity index (χ0v) is 12.9. The lowest BCUT2D eigenvalue weighted by molar-refractivity contribution is -0.116. The summed E-state index contributed by atoms with van der Waals surface area (Å²) < 4.78 is 3.64. The summed E-state index contributed by atoms with van der Waals surface area (Å²) in [5, 5.41) is 11.4. The Morgan fingerprint density at radius 1 is 1.43 bits per heavy atom. The summed E-state index contributed by atoms with van der Waals surface area (Å²) in [6, 6.07) is 0. The first-order chi connectivity index (χ1) is 10.0. The SMILES string of the molecule is CCn1cc(CNC(=O)/C=C/c2cnn(C)c2C)c(C)n1. The van der Waals surface area contributed by atoms with E-state index in [4.69, 9.17) is 0 Å². The van der Waals surface area contributed by atoms with E-state index in [1.54, 1.807) is 17.0 Å². The fourth-order valence-electron chi connectivity index (χ4n) is 1.98. The third kappa shape index (κ3) is 3.59. The summed E-state index contributed by atoms with van der Waals surface area (Å²) in [7, 11) is 1.88. The molecule has 0 bridgehead atoms. The summed E-state index contributed by atoms with van der Waals surface area (Å²) in [4.78, 5) is 11.8. The van der Waals surface area contributed by atoms with Crippen molar-refractivity contribution in [1.29, 1.82) is 0 Å². The van der Waals surface area contributed by atoms with Gasteiger partial charge in [-0.25, -0.2) is 0 Å². The predicted molar refractivity (Wildman–Crippen MR) is 81.5 cm³/mol. The molecule has 0 aliphatic rings. The first-order valence-corrected chi connectivity index (χ1v) is 6.98. The molecule has 2 rings (SSSR count). The van der Waals surface area contributed by atoms with E-state index in [0.717, 1.165) is 29.1 Å². The molecule has 0 fully saturated rings. The molecule has 0 aromatic carbocycles. The third-order valence-electron chi connectivity index (χ3n) is 3.51. The maximum absolute atomic E-state index is 11.8. The summed E-state index contributed by atoms with van der Waals surface area (Å²) in [6.07, 6.45) is 7.02. The number of hydrogen-bond acceptors (Lipinski definition) is 3. The summed E-state index contributed by atoms with van der Waals surface area (Å²) >= 11 is 0. The first kappa shape index (κ1) is 15.0. The highest BCUT2D eigenvalue weighted by molar-refractivity contribution is 5.91. The van der Waals surface area contributed by atoms with Crippen LogP contribution in [0.15, 0.2) is 18.5 Å². The van der Waals surface area contributed by atoms with Crippen LogP contribution in [0, 0.1) is 13.8 Å². The lowest BCUT2D eigenvalue weighted by atomic mass is 10.2. The molecule has 0 aliphatic heterocycles. The van der Waals surface area contributed by atoms with E-state index in [1.165, 1.54) is 6.08 Å². The Hall–Kier alpha value is -2.37. The fraction of sp³-hybridized carbons (Fsp3) is 0.400. The van der Waals surface area contributed by atoms with Crippen LogP contribution in [0.5, 0.6) is 0 Å². The Labute approximate surface area is 124 Å². The van der Waals surface area contributed by atoms with Gasteiger partial charge in [-0.3, -0.25) is 14.2 Å². The molecule has 6 heteroatoms. The average molecular weight is 287 g/mol. The van der Waals surface area contributed by atoms with E-state index in [-0.39, 0.29) is 5.91 Å². The average Bonchev–Trinajstić information content (AvgIpc) is 2.99. The topological polar surface area (TPSA) is 64.7 Å². The second-order valence-electron chi connectivity index (χ2n) is 4.96. The van der Waals surface area contributed by atoms with Crippen LogP contribution in [0.4, 0.5) is 0 Å². The largest absolute Gasteiger partial charge is 0.348 e. The number of aryl methyl sites for hydroxylation is 3. The molecule has 21 heavy (non-hydrogen) atoms. The number of nitrogens with one attached hydrogen (secondary N) is 1. The normalized spacial score (nSPS) is 11.2. The summed E-state index contributed by atoms with van der Waals surface area (Å²) in [6.45, 7) is 7.26. The van der Waals surface area contributed by atoms with Gasteiger partial charge in [0.25, 0.3) is 0 Å². The van der Waals surface area contributed by atoms with Gasteiger partial charge in [0.05, 0.1) is 11.9 Å². The third-order valence-corrected chi connectivity index (χ3v) is 3.51. The van der Waals surface area contributed by atoms with Crippen molar-refractivity contribution in [3.05, 3.63) is 41.0 Å². The molecule has 2 aromatic heterocycles. The molecule has 0 aliphatic carbocycles. The van der Waals surface area contributed by atoms with Gasteiger partial charge >= 0.3 is 0 Å². The number of rotatable bonds is 5. The van der Waals surface area contributed by atoms with E-state index in [2.05, 4.69) is 15.5 Å². The Morgan fingerprint density at radius 3 is 2.76 bits per heavy atom. The smallest absolute Gasteiger partial charge is 0.244 e. The van der Waals surface area contributed by atoms with Crippen LogP contribution in [-0.4, -0.2) is 25.5 Å². The fourth-order valence-corrected chi connectivity index (χ4v) is 1.98. The number of carbonyl (C=O) groups is 1. The second kappa shape index (κ2) is 6.39. The van der Waals surface area contributed by atoms with Gasteiger partial charge in [-0.05, 0) is 26.8 Å². The van der Waals surface area contributed by atoms with Crippen LogP contribution in [-0.2, 0) is 24.9 Å². The van der Waals surface area contributed by atoms with Gasteiger partial charge in [0, 0.05) is 49.2 Å². The predicted octanol–water partition coefficient (Wildman–Crippen LogP) is 1.58. The molecule has 1 amide bonds. The van der Waals surface area contributed by atoms with E-state index in [9.17, 15) is 4.79 Å². The summed E-state index contributed by atoms with van der Waals surface area (Å²) in [5.41, 5.74) is 3.96. The van der Waals surface area contributed by atoms with Crippen LogP contribution in [0.2, 0.25) is 0 Å². The number of nitrogens with zero attached hydrogens (tertiary/aromatic N) is 4. The van der Waals surface area contributed by atoms with Gasteiger partial charge in [0.15, 0.2) is 0 Å². The Kier molecular flexibility index (Phi) is 4.57. The maximum Gasteiger partial charge on any atom is 0.244 e. The van der Waals surface area contributed by atoms with Crippen molar-refractivity contribution in [3.63, 3.8) is 0 Å². The Balaban J connectivity index is 1.93. The lowest BCUT2D eigenvalue weighted by Gasteiger charge is -2.00. The highest BCUT2D eigenvalue weighted by Crippen LogP contribution is 2.08. The van der Waals surface area contributed by atoms with Crippen molar-refractivity contribution in [1.82, 2.24) is 24.9 Å². The van der Waals surface area contributed by atoms with Gasteiger partial charge < -0.3 is 5.32 Å². The monoisotopic (exact) mass is 287 g/mol. The van der Waals surface area contributed by atoms with Gasteiger partial charge in [0.2, 0.25) is 5.91 Å². The van der Waals surface area contributed by atoms with Crippen molar-refractivity contribution in [3.8, 4) is 0 Å². The van der Waals surface area contributed by atoms with Crippen LogP contribution in [0.1, 0.15) is 29.4 Å². The zero-order valence-electron chi connectivity index (χ0n) is 12.9. The molecular weight excluding hydrogens is 266 g/mol. The van der Waals surface area contributed by atoms with Crippen molar-refractivity contribution >= 4 is 12.0 Å². The molecule has 0 unspecified atom stereocenters. The highest BCUT2D eigenvalue weighted by atomic mass is 16.1. The zero-order chi connectivity index (χ0) is 15.4. The van der Waals surface area contributed by atoms with Gasteiger partial charge in [0.1, 0.15) is 0 Å². The van der Waals surface area contributed by atoms with E-state index in [1.807, 2.05) is 38.7 Å². The van der Waals surface area contributed by atoms with Crippen molar-refractivity contribution < 1.29 is 4.79 Å². The van der Waals surface area contributed by atoms with Crippen molar-refractivity contribution in [2.45, 2.75) is 33.9 Å².